The van der Waals surface area contributed by atoms with Crippen molar-refractivity contribution in [3.63, 3.8) is 0 Å². The van der Waals surface area contributed by atoms with Gasteiger partial charge in [-0.1, -0.05) is 18.2 Å². The Kier molecular flexibility index (Phi) is 4.02. The van der Waals surface area contributed by atoms with Gasteiger partial charge in [-0.3, -0.25) is 9.78 Å². The zero-order valence-electron chi connectivity index (χ0n) is 10.3. The summed E-state index contributed by atoms with van der Waals surface area (Å²) >= 11 is 6.08. The van der Waals surface area contributed by atoms with Gasteiger partial charge in [0.1, 0.15) is 5.52 Å². The fourth-order valence-electron chi connectivity index (χ4n) is 1.62. The largest absolute Gasteiger partial charge is 0.449 e. The molecule has 0 aliphatic rings. The van der Waals surface area contributed by atoms with Crippen LogP contribution in [0.25, 0.3) is 10.9 Å². The number of hydrogen-bond acceptors (Lipinski definition) is 4. The van der Waals surface area contributed by atoms with Gasteiger partial charge in [0.15, 0.2) is 5.75 Å². The van der Waals surface area contributed by atoms with Crippen molar-refractivity contribution in [2.45, 2.75) is 13.2 Å². The van der Waals surface area contributed by atoms with E-state index in [9.17, 15) is 4.79 Å². The molecule has 4 nitrogen and oxygen atoms in total. The third-order valence-electron chi connectivity index (χ3n) is 2.40. The first-order valence-electron chi connectivity index (χ1n) is 5.61. The molecule has 1 unspecified atom stereocenters. The molecule has 1 heterocycles. The van der Waals surface area contributed by atoms with E-state index in [0.29, 0.717) is 16.3 Å². The minimum atomic E-state index is -0.858. The first-order chi connectivity index (χ1) is 9.11. The first kappa shape index (κ1) is 13.4. The van der Waals surface area contributed by atoms with Crippen molar-refractivity contribution in [2.24, 2.45) is 0 Å². The maximum absolute atomic E-state index is 10.9. The van der Waals surface area contributed by atoms with Gasteiger partial charge < -0.3 is 9.47 Å². The summed E-state index contributed by atoms with van der Waals surface area (Å²) in [5.41, 5.74) is 0.606. The summed E-state index contributed by atoms with van der Waals surface area (Å²) in [5, 5.41) is 1.35. The van der Waals surface area contributed by atoms with Crippen LogP contribution >= 0.6 is 11.6 Å². The summed E-state index contributed by atoms with van der Waals surface area (Å²) in [6.07, 6.45) is 2.18. The highest BCUT2D eigenvalue weighted by atomic mass is 35.5. The van der Waals surface area contributed by atoms with E-state index in [1.807, 2.05) is 6.07 Å². The van der Waals surface area contributed by atoms with E-state index in [1.54, 1.807) is 24.4 Å². The molecule has 0 spiro atoms. The number of benzene rings is 1. The maximum Gasteiger partial charge on any atom is 0.305 e. The number of halogens is 1. The Morgan fingerprint density at radius 2 is 2.26 bits per heavy atom. The van der Waals surface area contributed by atoms with Crippen LogP contribution in [0.4, 0.5) is 0 Å². The molecule has 0 saturated heterocycles. The van der Waals surface area contributed by atoms with Gasteiger partial charge in [-0.25, -0.2) is 0 Å². The molecule has 98 valence electrons. The van der Waals surface area contributed by atoms with Crippen LogP contribution in [0.2, 0.25) is 5.02 Å². The van der Waals surface area contributed by atoms with Gasteiger partial charge in [0.2, 0.25) is 0 Å². The smallest absolute Gasteiger partial charge is 0.305 e. The van der Waals surface area contributed by atoms with E-state index in [1.165, 1.54) is 13.0 Å². The van der Waals surface area contributed by atoms with Crippen molar-refractivity contribution in [2.75, 3.05) is 0 Å². The standard InChI is InChI=1S/C14H12ClNO3/c1-3-13(18-9(2)17)19-12-7-6-11(15)10-5-4-8-16-14(10)12/h3-8,13H,1H2,2H3. The van der Waals surface area contributed by atoms with Gasteiger partial charge in [-0.05, 0) is 30.3 Å². The number of nitrogens with zero attached hydrogens (tertiary/aromatic N) is 1. The average molecular weight is 278 g/mol. The summed E-state index contributed by atoms with van der Waals surface area (Å²) in [6.45, 7) is 4.86. The van der Waals surface area contributed by atoms with E-state index in [4.69, 9.17) is 21.1 Å². The molecule has 0 amide bonds. The van der Waals surface area contributed by atoms with E-state index < -0.39 is 12.3 Å². The average Bonchev–Trinajstić information content (AvgIpc) is 2.41. The minimum Gasteiger partial charge on any atom is -0.449 e. The van der Waals surface area contributed by atoms with Crippen molar-refractivity contribution >= 4 is 28.5 Å². The normalized spacial score (nSPS) is 11.9. The summed E-state index contributed by atoms with van der Waals surface area (Å²) in [5.74, 6) is 0.0299. The van der Waals surface area contributed by atoms with E-state index in [0.717, 1.165) is 5.39 Å². The lowest BCUT2D eigenvalue weighted by atomic mass is 10.2. The maximum atomic E-state index is 10.9. The highest BCUT2D eigenvalue weighted by Crippen LogP contribution is 2.30. The highest BCUT2D eigenvalue weighted by molar-refractivity contribution is 6.35. The van der Waals surface area contributed by atoms with E-state index in [-0.39, 0.29) is 0 Å². The Morgan fingerprint density at radius 1 is 1.47 bits per heavy atom. The van der Waals surface area contributed by atoms with E-state index in [2.05, 4.69) is 11.6 Å². The molecule has 2 rings (SSSR count). The lowest BCUT2D eigenvalue weighted by Gasteiger charge is -2.16. The lowest BCUT2D eigenvalue weighted by molar-refractivity contribution is -0.154. The summed E-state index contributed by atoms with van der Waals surface area (Å²) in [6, 6.07) is 7.01. The van der Waals surface area contributed by atoms with Gasteiger partial charge in [0, 0.05) is 18.5 Å². The summed E-state index contributed by atoms with van der Waals surface area (Å²) in [4.78, 5) is 15.2. The third-order valence-corrected chi connectivity index (χ3v) is 2.73. The van der Waals surface area contributed by atoms with Crippen LogP contribution in [-0.2, 0) is 9.53 Å². The second-order valence-electron chi connectivity index (χ2n) is 3.78. The van der Waals surface area contributed by atoms with Gasteiger partial charge in [0.05, 0.1) is 5.02 Å². The number of ether oxygens (including phenoxy) is 2. The molecule has 19 heavy (non-hydrogen) atoms. The number of carbonyl (C=O) groups is 1. The fourth-order valence-corrected chi connectivity index (χ4v) is 1.83. The molecule has 1 aromatic carbocycles. The van der Waals surface area contributed by atoms with Crippen molar-refractivity contribution in [3.8, 4) is 5.75 Å². The molecule has 2 aromatic rings. The van der Waals surface area contributed by atoms with Crippen LogP contribution in [0.1, 0.15) is 6.92 Å². The molecule has 0 bridgehead atoms. The van der Waals surface area contributed by atoms with Crippen LogP contribution < -0.4 is 4.74 Å². The minimum absolute atomic E-state index is 0.448. The second-order valence-corrected chi connectivity index (χ2v) is 4.18. The molecular weight excluding hydrogens is 266 g/mol. The first-order valence-corrected chi connectivity index (χ1v) is 5.99. The topological polar surface area (TPSA) is 48.4 Å². The molecule has 0 radical (unpaired) electrons. The van der Waals surface area contributed by atoms with Crippen molar-refractivity contribution in [1.29, 1.82) is 0 Å². The second kappa shape index (κ2) is 5.71. The Morgan fingerprint density at radius 3 is 2.95 bits per heavy atom. The van der Waals surface area contributed by atoms with Crippen molar-refractivity contribution < 1.29 is 14.3 Å². The Hall–Kier alpha value is -2.07. The number of carbonyl (C=O) groups excluding carboxylic acids is 1. The Bertz CT molecular complexity index is 627. The summed E-state index contributed by atoms with van der Waals surface area (Å²) in [7, 11) is 0. The molecule has 0 aliphatic heterocycles. The predicted molar refractivity (Wildman–Crippen MR) is 73.1 cm³/mol. The van der Waals surface area contributed by atoms with Gasteiger partial charge in [0.25, 0.3) is 6.29 Å². The molecule has 0 N–H and O–H groups in total. The molecule has 5 heteroatoms. The fraction of sp³-hybridized carbons (Fsp3) is 0.143. The SMILES string of the molecule is C=CC(OC(C)=O)Oc1ccc(Cl)c2cccnc12. The monoisotopic (exact) mass is 277 g/mol. The molecule has 0 aliphatic carbocycles. The van der Waals surface area contributed by atoms with E-state index >= 15 is 0 Å². The number of pyridine rings is 1. The van der Waals surface area contributed by atoms with Crippen molar-refractivity contribution in [3.05, 3.63) is 48.1 Å². The predicted octanol–water partition coefficient (Wildman–Crippen LogP) is 3.34. The molecule has 1 atom stereocenters. The van der Waals surface area contributed by atoms with Gasteiger partial charge in [-0.15, -0.1) is 0 Å². The number of fused-ring (bicyclic) bond motifs is 1. The van der Waals surface area contributed by atoms with Gasteiger partial charge >= 0.3 is 5.97 Å². The van der Waals surface area contributed by atoms with Crippen LogP contribution in [0, 0.1) is 0 Å². The van der Waals surface area contributed by atoms with Crippen LogP contribution in [-0.4, -0.2) is 17.2 Å². The Labute approximate surface area is 115 Å². The van der Waals surface area contributed by atoms with Crippen molar-refractivity contribution in [1.82, 2.24) is 4.98 Å². The summed E-state index contributed by atoms with van der Waals surface area (Å²) < 4.78 is 10.5. The third kappa shape index (κ3) is 3.03. The number of esters is 1. The zero-order valence-corrected chi connectivity index (χ0v) is 11.1. The highest BCUT2D eigenvalue weighted by Gasteiger charge is 2.13. The Balaban J connectivity index is 2.37. The number of hydrogen-bond donors (Lipinski definition) is 0. The molecule has 0 fully saturated rings. The quantitative estimate of drug-likeness (QED) is 0.488. The number of rotatable bonds is 4. The lowest BCUT2D eigenvalue weighted by Crippen LogP contribution is -2.20. The zero-order chi connectivity index (χ0) is 13.8. The molecule has 1 aromatic heterocycles. The van der Waals surface area contributed by atoms with Crippen LogP contribution in [0.15, 0.2) is 43.1 Å². The molecule has 0 saturated carbocycles. The van der Waals surface area contributed by atoms with Gasteiger partial charge in [-0.2, -0.15) is 0 Å². The van der Waals surface area contributed by atoms with Crippen LogP contribution in [0.3, 0.4) is 0 Å². The molecular formula is C14H12ClNO3. The van der Waals surface area contributed by atoms with Crippen LogP contribution in [0.5, 0.6) is 5.75 Å². The number of aromatic nitrogens is 1.